The molecule has 0 fully saturated rings. The molecule has 0 saturated carbocycles. The third-order valence-electron chi connectivity index (χ3n) is 3.95. The zero-order chi connectivity index (χ0) is 14.3. The molecule has 2 nitrogen and oxygen atoms in total. The first-order valence-electron chi connectivity index (χ1n) is 8.42. The Bertz CT molecular complexity index is 201. The molecule has 0 spiro atoms. The second kappa shape index (κ2) is 13.9. The van der Waals surface area contributed by atoms with Crippen LogP contribution in [0.2, 0.25) is 0 Å². The van der Waals surface area contributed by atoms with Gasteiger partial charge in [0.1, 0.15) is 0 Å². The van der Waals surface area contributed by atoms with Gasteiger partial charge < -0.3 is 5.11 Å². The average molecular weight is 270 g/mol. The van der Waals surface area contributed by atoms with Crippen molar-refractivity contribution in [2.24, 2.45) is 5.92 Å². The first-order valence-corrected chi connectivity index (χ1v) is 8.42. The van der Waals surface area contributed by atoms with Crippen molar-refractivity contribution in [3.8, 4) is 0 Å². The topological polar surface area (TPSA) is 37.3 Å². The highest BCUT2D eigenvalue weighted by molar-refractivity contribution is 5.66. The molecule has 1 N–H and O–H groups in total. The normalized spacial score (nSPS) is 12.5. The summed E-state index contributed by atoms with van der Waals surface area (Å²) in [7, 11) is 0. The monoisotopic (exact) mass is 270 g/mol. The molecule has 0 unspecified atom stereocenters. The van der Waals surface area contributed by atoms with Gasteiger partial charge in [-0.05, 0) is 12.3 Å². The fourth-order valence-corrected chi connectivity index (χ4v) is 2.66. The lowest BCUT2D eigenvalue weighted by atomic mass is 9.90. The van der Waals surface area contributed by atoms with Gasteiger partial charge in [-0.2, -0.15) is 0 Å². The first-order chi connectivity index (χ1) is 9.20. The average Bonchev–Trinajstić information content (AvgIpc) is 2.39. The van der Waals surface area contributed by atoms with Crippen LogP contribution in [0.4, 0.5) is 0 Å². The summed E-state index contributed by atoms with van der Waals surface area (Å²) in [4.78, 5) is 10.7. The van der Waals surface area contributed by atoms with E-state index in [4.69, 9.17) is 5.11 Å². The van der Waals surface area contributed by atoms with E-state index in [0.717, 1.165) is 6.42 Å². The Balaban J connectivity index is 3.72. The molecule has 0 aliphatic rings. The van der Waals surface area contributed by atoms with Gasteiger partial charge in [0.15, 0.2) is 0 Å². The first kappa shape index (κ1) is 18.5. The van der Waals surface area contributed by atoms with Crippen molar-refractivity contribution < 1.29 is 9.90 Å². The van der Waals surface area contributed by atoms with Gasteiger partial charge in [-0.25, -0.2) is 0 Å². The van der Waals surface area contributed by atoms with Crippen molar-refractivity contribution in [2.75, 3.05) is 0 Å². The molecule has 0 rings (SSSR count). The van der Waals surface area contributed by atoms with Crippen LogP contribution in [0.25, 0.3) is 0 Å². The maximum Gasteiger partial charge on any atom is 0.303 e. The summed E-state index contributed by atoms with van der Waals surface area (Å²) in [6.07, 6.45) is 15.5. The van der Waals surface area contributed by atoms with E-state index in [-0.39, 0.29) is 0 Å². The van der Waals surface area contributed by atoms with Crippen LogP contribution < -0.4 is 0 Å². The highest BCUT2D eigenvalue weighted by Crippen LogP contribution is 2.23. The molecular weight excluding hydrogens is 236 g/mol. The lowest BCUT2D eigenvalue weighted by molar-refractivity contribution is -0.137. The van der Waals surface area contributed by atoms with Crippen molar-refractivity contribution in [3.63, 3.8) is 0 Å². The number of hydrogen-bond donors (Lipinski definition) is 1. The minimum atomic E-state index is -0.635. The Kier molecular flexibility index (Phi) is 13.5. The molecule has 0 aliphatic heterocycles. The zero-order valence-electron chi connectivity index (χ0n) is 13.1. The Morgan fingerprint density at radius 1 is 0.789 bits per heavy atom. The smallest absolute Gasteiger partial charge is 0.303 e. The van der Waals surface area contributed by atoms with Crippen molar-refractivity contribution in [1.29, 1.82) is 0 Å². The quantitative estimate of drug-likeness (QED) is 0.405. The molecule has 1 atom stereocenters. The van der Waals surface area contributed by atoms with Gasteiger partial charge in [0, 0.05) is 6.42 Å². The summed E-state index contributed by atoms with van der Waals surface area (Å²) < 4.78 is 0. The minimum absolute atomic E-state index is 0.355. The number of aliphatic carboxylic acids is 1. The van der Waals surface area contributed by atoms with E-state index in [1.165, 1.54) is 70.6 Å². The fourth-order valence-electron chi connectivity index (χ4n) is 2.66. The minimum Gasteiger partial charge on any atom is -0.481 e. The van der Waals surface area contributed by atoms with Crippen LogP contribution in [0, 0.1) is 5.92 Å². The van der Waals surface area contributed by atoms with E-state index in [2.05, 4.69) is 13.8 Å². The van der Waals surface area contributed by atoms with Crippen LogP contribution in [-0.4, -0.2) is 11.1 Å². The van der Waals surface area contributed by atoms with Gasteiger partial charge in [-0.3, -0.25) is 4.79 Å². The molecule has 0 aromatic rings. The summed E-state index contributed by atoms with van der Waals surface area (Å²) in [6.45, 7) is 4.47. The van der Waals surface area contributed by atoms with Crippen LogP contribution in [0.3, 0.4) is 0 Å². The lowest BCUT2D eigenvalue weighted by Crippen LogP contribution is -2.05. The summed E-state index contributed by atoms with van der Waals surface area (Å²) in [6, 6.07) is 0. The summed E-state index contributed by atoms with van der Waals surface area (Å²) in [5.41, 5.74) is 0. The molecule has 2 heteroatoms. The summed E-state index contributed by atoms with van der Waals surface area (Å²) in [5.74, 6) is 0.0131. The Morgan fingerprint density at radius 2 is 1.26 bits per heavy atom. The molecule has 0 aromatic heterocycles. The predicted molar refractivity (Wildman–Crippen MR) is 82.5 cm³/mol. The van der Waals surface area contributed by atoms with E-state index in [1.54, 1.807) is 0 Å². The van der Waals surface area contributed by atoms with Crippen molar-refractivity contribution >= 4 is 5.97 Å². The molecule has 114 valence electrons. The number of carboxylic acid groups (broad SMARTS) is 1. The lowest BCUT2D eigenvalue weighted by Gasteiger charge is -2.15. The summed E-state index contributed by atoms with van der Waals surface area (Å²) in [5, 5.41) is 8.81. The highest BCUT2D eigenvalue weighted by atomic mass is 16.4. The second-order valence-corrected chi connectivity index (χ2v) is 5.85. The van der Waals surface area contributed by atoms with Gasteiger partial charge in [0.25, 0.3) is 0 Å². The van der Waals surface area contributed by atoms with Crippen molar-refractivity contribution in [1.82, 2.24) is 0 Å². The molecule has 19 heavy (non-hydrogen) atoms. The van der Waals surface area contributed by atoms with Crippen molar-refractivity contribution in [3.05, 3.63) is 0 Å². The van der Waals surface area contributed by atoms with Crippen LogP contribution in [0.1, 0.15) is 97.3 Å². The fraction of sp³-hybridized carbons (Fsp3) is 0.941. The molecule has 0 bridgehead atoms. The van der Waals surface area contributed by atoms with E-state index >= 15 is 0 Å². The molecule has 0 radical (unpaired) electrons. The molecule has 0 amide bonds. The van der Waals surface area contributed by atoms with Gasteiger partial charge in [0.2, 0.25) is 0 Å². The highest BCUT2D eigenvalue weighted by Gasteiger charge is 2.10. The van der Waals surface area contributed by atoms with Crippen LogP contribution >= 0.6 is 0 Å². The Morgan fingerprint density at radius 3 is 1.74 bits per heavy atom. The van der Waals surface area contributed by atoms with Gasteiger partial charge in [-0.15, -0.1) is 0 Å². The van der Waals surface area contributed by atoms with Gasteiger partial charge in [-0.1, -0.05) is 84.5 Å². The molecule has 0 saturated heterocycles. The molecule has 0 heterocycles. The number of unbranched alkanes of at least 4 members (excludes halogenated alkanes) is 7. The van der Waals surface area contributed by atoms with Crippen LogP contribution in [0.5, 0.6) is 0 Å². The third-order valence-corrected chi connectivity index (χ3v) is 3.95. The Hall–Kier alpha value is -0.530. The van der Waals surface area contributed by atoms with E-state index in [9.17, 15) is 4.79 Å². The number of rotatable bonds is 14. The number of carboxylic acids is 1. The van der Waals surface area contributed by atoms with Crippen LogP contribution in [-0.2, 0) is 4.79 Å². The SMILES string of the molecule is CCCCCCC[C@H](CCCCCC)CCC(=O)O. The van der Waals surface area contributed by atoms with E-state index in [1.807, 2.05) is 0 Å². The maximum absolute atomic E-state index is 10.7. The Labute approximate surface area is 120 Å². The predicted octanol–water partition coefficient (Wildman–Crippen LogP) is 5.80. The van der Waals surface area contributed by atoms with E-state index in [0.29, 0.717) is 12.3 Å². The third kappa shape index (κ3) is 13.7. The molecule has 0 aromatic carbocycles. The summed E-state index contributed by atoms with van der Waals surface area (Å²) >= 11 is 0. The molecule has 0 aliphatic carbocycles. The van der Waals surface area contributed by atoms with Crippen molar-refractivity contribution in [2.45, 2.75) is 97.3 Å². The van der Waals surface area contributed by atoms with Gasteiger partial charge in [0.05, 0.1) is 0 Å². The largest absolute Gasteiger partial charge is 0.481 e. The standard InChI is InChI=1S/C17H34O2/c1-3-5-7-9-11-13-16(14-15-17(18)19)12-10-8-6-4-2/h16H,3-15H2,1-2H3,(H,18,19)/t16-/m0/s1. The van der Waals surface area contributed by atoms with E-state index < -0.39 is 5.97 Å². The van der Waals surface area contributed by atoms with Gasteiger partial charge >= 0.3 is 5.97 Å². The second-order valence-electron chi connectivity index (χ2n) is 5.85. The number of carbonyl (C=O) groups is 1. The van der Waals surface area contributed by atoms with Crippen LogP contribution in [0.15, 0.2) is 0 Å². The zero-order valence-corrected chi connectivity index (χ0v) is 13.1. The number of hydrogen-bond acceptors (Lipinski definition) is 1. The molecular formula is C17H34O2. The maximum atomic E-state index is 10.7.